The molecule has 22 heavy (non-hydrogen) atoms. The first-order valence-corrected chi connectivity index (χ1v) is 7.86. The zero-order chi connectivity index (χ0) is 16.4. The molecule has 4 heteroatoms. The van der Waals surface area contributed by atoms with Crippen LogP contribution in [0.15, 0.2) is 6.07 Å². The lowest BCUT2D eigenvalue weighted by Gasteiger charge is -2.15. The van der Waals surface area contributed by atoms with E-state index in [1.165, 1.54) is 27.8 Å². The van der Waals surface area contributed by atoms with Crippen molar-refractivity contribution in [2.45, 2.75) is 34.3 Å². The standard InChI is InChI=1S/C18H30O4/c1-14-12-15(2)18(17(4)16(14)3)13-22-11-10-21-9-8-20-7-6-19-5/h12H,6-11,13H2,1-5H3. The van der Waals surface area contributed by atoms with Crippen molar-refractivity contribution < 1.29 is 18.9 Å². The zero-order valence-corrected chi connectivity index (χ0v) is 14.7. The predicted octanol–water partition coefficient (Wildman–Crippen LogP) is 3.12. The van der Waals surface area contributed by atoms with Gasteiger partial charge in [0, 0.05) is 7.11 Å². The molecule has 0 heterocycles. The van der Waals surface area contributed by atoms with Crippen LogP contribution in [-0.2, 0) is 25.6 Å². The monoisotopic (exact) mass is 310 g/mol. The topological polar surface area (TPSA) is 36.9 Å². The van der Waals surface area contributed by atoms with Crippen LogP contribution in [0.3, 0.4) is 0 Å². The maximum Gasteiger partial charge on any atom is 0.0723 e. The first kappa shape index (κ1) is 19.1. The number of hydrogen-bond donors (Lipinski definition) is 0. The van der Waals surface area contributed by atoms with Gasteiger partial charge in [-0.2, -0.15) is 0 Å². The van der Waals surface area contributed by atoms with Gasteiger partial charge in [-0.1, -0.05) is 6.07 Å². The second-order valence-electron chi connectivity index (χ2n) is 5.51. The van der Waals surface area contributed by atoms with Gasteiger partial charge in [0.05, 0.1) is 46.2 Å². The summed E-state index contributed by atoms with van der Waals surface area (Å²) in [6.45, 7) is 12.9. The first-order valence-electron chi connectivity index (χ1n) is 7.86. The Bertz CT molecular complexity index is 443. The van der Waals surface area contributed by atoms with Crippen LogP contribution in [-0.4, -0.2) is 46.8 Å². The molecule has 0 amide bonds. The Morgan fingerprint density at radius 3 is 1.82 bits per heavy atom. The lowest BCUT2D eigenvalue weighted by atomic mass is 9.95. The lowest BCUT2D eigenvalue weighted by Crippen LogP contribution is -2.11. The summed E-state index contributed by atoms with van der Waals surface area (Å²) in [6.07, 6.45) is 0. The molecule has 0 unspecified atom stereocenters. The molecule has 0 fully saturated rings. The predicted molar refractivity (Wildman–Crippen MR) is 88.6 cm³/mol. The number of aryl methyl sites for hydroxylation is 2. The van der Waals surface area contributed by atoms with E-state index in [0.717, 1.165) is 0 Å². The quantitative estimate of drug-likeness (QED) is 0.589. The molecule has 0 spiro atoms. The fraction of sp³-hybridized carbons (Fsp3) is 0.667. The minimum atomic E-state index is 0.592. The Morgan fingerprint density at radius 2 is 1.23 bits per heavy atom. The highest BCUT2D eigenvalue weighted by Crippen LogP contribution is 2.22. The van der Waals surface area contributed by atoms with Crippen LogP contribution in [0.5, 0.6) is 0 Å². The smallest absolute Gasteiger partial charge is 0.0723 e. The minimum absolute atomic E-state index is 0.592. The molecule has 4 nitrogen and oxygen atoms in total. The number of ether oxygens (including phenoxy) is 4. The third kappa shape index (κ3) is 6.44. The molecule has 126 valence electrons. The molecule has 1 aromatic carbocycles. The van der Waals surface area contributed by atoms with E-state index in [0.29, 0.717) is 46.2 Å². The van der Waals surface area contributed by atoms with Gasteiger partial charge in [-0.3, -0.25) is 0 Å². The normalized spacial score (nSPS) is 11.1. The van der Waals surface area contributed by atoms with E-state index in [4.69, 9.17) is 18.9 Å². The van der Waals surface area contributed by atoms with Crippen molar-refractivity contribution in [1.82, 2.24) is 0 Å². The second-order valence-corrected chi connectivity index (χ2v) is 5.51. The van der Waals surface area contributed by atoms with Crippen LogP contribution < -0.4 is 0 Å². The third-order valence-corrected chi connectivity index (χ3v) is 3.94. The Balaban J connectivity index is 2.17. The van der Waals surface area contributed by atoms with E-state index in [1.54, 1.807) is 7.11 Å². The van der Waals surface area contributed by atoms with E-state index in [9.17, 15) is 0 Å². The summed E-state index contributed by atoms with van der Waals surface area (Å²) in [4.78, 5) is 0. The maximum atomic E-state index is 5.74. The van der Waals surface area contributed by atoms with Gasteiger partial charge in [-0.05, 0) is 55.5 Å². The minimum Gasteiger partial charge on any atom is -0.382 e. The van der Waals surface area contributed by atoms with Crippen LogP contribution in [0.1, 0.15) is 27.8 Å². The van der Waals surface area contributed by atoms with Gasteiger partial charge in [0.15, 0.2) is 0 Å². The van der Waals surface area contributed by atoms with E-state index in [1.807, 2.05) is 0 Å². The van der Waals surface area contributed by atoms with Crippen LogP contribution in [0.2, 0.25) is 0 Å². The zero-order valence-electron chi connectivity index (χ0n) is 14.7. The van der Waals surface area contributed by atoms with Crippen molar-refractivity contribution in [2.75, 3.05) is 46.8 Å². The molecule has 0 aliphatic heterocycles. The van der Waals surface area contributed by atoms with Gasteiger partial charge in [0.25, 0.3) is 0 Å². The molecule has 0 bridgehead atoms. The van der Waals surface area contributed by atoms with Crippen molar-refractivity contribution >= 4 is 0 Å². The second kappa shape index (κ2) is 10.7. The number of rotatable bonds is 11. The summed E-state index contributed by atoms with van der Waals surface area (Å²) in [7, 11) is 1.66. The van der Waals surface area contributed by atoms with E-state index in [-0.39, 0.29) is 0 Å². The van der Waals surface area contributed by atoms with Gasteiger partial charge in [-0.25, -0.2) is 0 Å². The largest absolute Gasteiger partial charge is 0.382 e. The summed E-state index contributed by atoms with van der Waals surface area (Å²) in [5.41, 5.74) is 6.63. The molecule has 0 atom stereocenters. The molecular weight excluding hydrogens is 280 g/mol. The molecular formula is C18H30O4. The van der Waals surface area contributed by atoms with E-state index < -0.39 is 0 Å². The van der Waals surface area contributed by atoms with Gasteiger partial charge in [-0.15, -0.1) is 0 Å². The Morgan fingerprint density at radius 1 is 0.682 bits per heavy atom. The molecule has 0 aliphatic carbocycles. The van der Waals surface area contributed by atoms with E-state index >= 15 is 0 Å². The fourth-order valence-corrected chi connectivity index (χ4v) is 2.32. The van der Waals surface area contributed by atoms with E-state index in [2.05, 4.69) is 33.8 Å². The summed E-state index contributed by atoms with van der Waals surface area (Å²) < 4.78 is 21.4. The molecule has 0 aliphatic rings. The third-order valence-electron chi connectivity index (χ3n) is 3.94. The van der Waals surface area contributed by atoms with Crippen molar-refractivity contribution in [2.24, 2.45) is 0 Å². The van der Waals surface area contributed by atoms with Crippen LogP contribution in [0, 0.1) is 27.7 Å². The van der Waals surface area contributed by atoms with Crippen molar-refractivity contribution in [3.63, 3.8) is 0 Å². The molecule has 1 rings (SSSR count). The summed E-state index contributed by atoms with van der Waals surface area (Å²) in [6, 6.07) is 2.23. The lowest BCUT2D eigenvalue weighted by molar-refractivity contribution is 0.000750. The van der Waals surface area contributed by atoms with Crippen molar-refractivity contribution in [3.05, 3.63) is 33.9 Å². The van der Waals surface area contributed by atoms with Gasteiger partial charge >= 0.3 is 0 Å². The molecule has 0 aromatic heterocycles. The molecule has 0 saturated carbocycles. The summed E-state index contributed by atoms with van der Waals surface area (Å²) in [5, 5.41) is 0. The fourth-order valence-electron chi connectivity index (χ4n) is 2.32. The van der Waals surface area contributed by atoms with Crippen molar-refractivity contribution in [1.29, 1.82) is 0 Å². The highest BCUT2D eigenvalue weighted by molar-refractivity contribution is 5.43. The van der Waals surface area contributed by atoms with Gasteiger partial charge in [0.1, 0.15) is 0 Å². The highest BCUT2D eigenvalue weighted by Gasteiger charge is 2.07. The molecule has 0 radical (unpaired) electrons. The number of methoxy groups -OCH3 is 1. The van der Waals surface area contributed by atoms with Crippen LogP contribution >= 0.6 is 0 Å². The highest BCUT2D eigenvalue weighted by atomic mass is 16.6. The molecule has 0 saturated heterocycles. The average molecular weight is 310 g/mol. The Labute approximate surface area is 134 Å². The maximum absolute atomic E-state index is 5.74. The Kier molecular flexibility index (Phi) is 9.32. The van der Waals surface area contributed by atoms with Gasteiger partial charge < -0.3 is 18.9 Å². The first-order chi connectivity index (χ1) is 10.6. The molecule has 1 aromatic rings. The summed E-state index contributed by atoms with van der Waals surface area (Å²) >= 11 is 0. The summed E-state index contributed by atoms with van der Waals surface area (Å²) in [5.74, 6) is 0. The number of hydrogen-bond acceptors (Lipinski definition) is 4. The Hall–Kier alpha value is -0.940. The van der Waals surface area contributed by atoms with Crippen LogP contribution in [0.25, 0.3) is 0 Å². The molecule has 0 N–H and O–H groups in total. The average Bonchev–Trinajstić information content (AvgIpc) is 2.50. The number of benzene rings is 1. The van der Waals surface area contributed by atoms with Crippen LogP contribution in [0.4, 0.5) is 0 Å². The van der Waals surface area contributed by atoms with Crippen molar-refractivity contribution in [3.8, 4) is 0 Å². The SMILES string of the molecule is COCCOCCOCCOCc1c(C)cc(C)c(C)c1C. The van der Waals surface area contributed by atoms with Gasteiger partial charge in [0.2, 0.25) is 0 Å².